The van der Waals surface area contributed by atoms with E-state index in [1.165, 1.54) is 6.42 Å². The van der Waals surface area contributed by atoms with Gasteiger partial charge in [0.25, 0.3) is 11.8 Å². The number of imidazole rings is 1. The van der Waals surface area contributed by atoms with Crippen LogP contribution < -0.4 is 5.32 Å². The summed E-state index contributed by atoms with van der Waals surface area (Å²) in [6.45, 7) is 1.60. The van der Waals surface area contributed by atoms with Gasteiger partial charge in [-0.05, 0) is 56.4 Å². The van der Waals surface area contributed by atoms with Gasteiger partial charge in [-0.3, -0.25) is 9.59 Å². The highest BCUT2D eigenvalue weighted by atomic mass is 16.2. The maximum Gasteiger partial charge on any atom is 0.257 e. The lowest BCUT2D eigenvalue weighted by Gasteiger charge is -2.26. The van der Waals surface area contributed by atoms with Gasteiger partial charge in [-0.15, -0.1) is 0 Å². The number of nitrogens with zero attached hydrogens (tertiary/aromatic N) is 4. The molecular formula is C22H23N5O2. The van der Waals surface area contributed by atoms with E-state index in [2.05, 4.69) is 19.9 Å². The van der Waals surface area contributed by atoms with Crippen molar-refractivity contribution in [1.29, 1.82) is 0 Å². The zero-order chi connectivity index (χ0) is 19.8. The van der Waals surface area contributed by atoms with E-state index in [4.69, 9.17) is 0 Å². The van der Waals surface area contributed by atoms with Gasteiger partial charge in [0.05, 0.1) is 11.9 Å². The molecule has 3 heterocycles. The molecule has 2 amide bonds. The van der Waals surface area contributed by atoms with Crippen LogP contribution in [-0.2, 0) is 0 Å². The maximum absolute atomic E-state index is 12.7. The normalized spacial score (nSPS) is 16.8. The highest BCUT2D eigenvalue weighted by Crippen LogP contribution is 2.36. The van der Waals surface area contributed by atoms with Crippen molar-refractivity contribution in [3.05, 3.63) is 54.0 Å². The minimum absolute atomic E-state index is 0.0227. The number of nitrogens with one attached hydrogen (secondary N) is 1. The Balaban J connectivity index is 1.32. The van der Waals surface area contributed by atoms with Crippen LogP contribution in [-0.4, -0.2) is 44.3 Å². The second-order valence-electron chi connectivity index (χ2n) is 7.84. The molecule has 0 atom stereocenters. The van der Waals surface area contributed by atoms with Crippen LogP contribution in [0.25, 0.3) is 11.2 Å². The van der Waals surface area contributed by atoms with E-state index in [-0.39, 0.29) is 11.8 Å². The fraction of sp³-hybridized carbons (Fsp3) is 0.364. The third kappa shape index (κ3) is 3.60. The highest BCUT2D eigenvalue weighted by Gasteiger charge is 2.26. The number of hydrogen-bond acceptors (Lipinski definition) is 4. The van der Waals surface area contributed by atoms with Crippen molar-refractivity contribution >= 4 is 28.7 Å². The minimum Gasteiger partial charge on any atom is -0.339 e. The highest BCUT2D eigenvalue weighted by molar-refractivity contribution is 6.06. The third-order valence-corrected chi connectivity index (χ3v) is 5.63. The zero-order valence-corrected chi connectivity index (χ0v) is 16.2. The lowest BCUT2D eigenvalue weighted by Crippen LogP contribution is -2.35. The Kier molecular flexibility index (Phi) is 4.50. The first kappa shape index (κ1) is 17.8. The van der Waals surface area contributed by atoms with Gasteiger partial charge in [-0.25, -0.2) is 9.97 Å². The Bertz CT molecular complexity index is 1080. The number of carbonyl (C=O) groups excluding carboxylic acids is 2. The molecule has 2 fully saturated rings. The Labute approximate surface area is 168 Å². The molecule has 1 aromatic carbocycles. The van der Waals surface area contributed by atoms with Crippen molar-refractivity contribution in [2.24, 2.45) is 0 Å². The Morgan fingerprint density at radius 3 is 2.62 bits per heavy atom. The summed E-state index contributed by atoms with van der Waals surface area (Å²) in [7, 11) is 0. The molecule has 7 heteroatoms. The van der Waals surface area contributed by atoms with Crippen molar-refractivity contribution in [2.75, 3.05) is 18.4 Å². The second kappa shape index (κ2) is 7.31. The fourth-order valence-corrected chi connectivity index (χ4v) is 3.88. The molecule has 3 aromatic rings. The standard InChI is InChI=1S/C22H23N5O2/c28-21(16-12-19-20(23-13-16)27(14-24-19)18-7-8-18)25-17-6-4-5-15(11-17)22(29)26-9-2-1-3-10-26/h4-6,11-14,18H,1-3,7-10H2,(H,25,28). The number of hydrogen-bond donors (Lipinski definition) is 1. The first-order valence-corrected chi connectivity index (χ1v) is 10.2. The summed E-state index contributed by atoms with van der Waals surface area (Å²) in [5, 5.41) is 2.88. The maximum atomic E-state index is 12.7. The molecule has 29 heavy (non-hydrogen) atoms. The SMILES string of the molecule is O=C(Nc1cccc(C(=O)N2CCCCC2)c1)c1cnc2c(c1)ncn2C1CC1. The lowest BCUT2D eigenvalue weighted by molar-refractivity contribution is 0.0724. The molecule has 5 rings (SSSR count). The van der Waals surface area contributed by atoms with Crippen LogP contribution in [0.4, 0.5) is 5.69 Å². The molecule has 1 N–H and O–H groups in total. The van der Waals surface area contributed by atoms with Crippen molar-refractivity contribution in [3.8, 4) is 0 Å². The smallest absolute Gasteiger partial charge is 0.257 e. The molecule has 1 aliphatic carbocycles. The van der Waals surface area contributed by atoms with Crippen molar-refractivity contribution in [3.63, 3.8) is 0 Å². The van der Waals surface area contributed by atoms with E-state index in [0.29, 0.717) is 22.9 Å². The Hall–Kier alpha value is -3.22. The molecule has 0 radical (unpaired) electrons. The lowest BCUT2D eigenvalue weighted by atomic mass is 10.1. The number of rotatable bonds is 4. The van der Waals surface area contributed by atoms with Crippen molar-refractivity contribution in [2.45, 2.75) is 38.1 Å². The van der Waals surface area contributed by atoms with Gasteiger partial charge in [-0.1, -0.05) is 6.07 Å². The molecule has 7 nitrogen and oxygen atoms in total. The molecule has 2 aromatic heterocycles. The molecule has 0 unspecified atom stereocenters. The largest absolute Gasteiger partial charge is 0.339 e. The van der Waals surface area contributed by atoms with E-state index in [0.717, 1.165) is 49.9 Å². The summed E-state index contributed by atoms with van der Waals surface area (Å²) in [5.41, 5.74) is 3.19. The number of aromatic nitrogens is 3. The molecule has 1 saturated heterocycles. The predicted octanol–water partition coefficient (Wildman–Crippen LogP) is 3.64. The van der Waals surface area contributed by atoms with Crippen LogP contribution in [0.1, 0.15) is 58.9 Å². The molecule has 1 saturated carbocycles. The van der Waals surface area contributed by atoms with Gasteiger partial charge >= 0.3 is 0 Å². The quantitative estimate of drug-likeness (QED) is 0.739. The Morgan fingerprint density at radius 2 is 1.83 bits per heavy atom. The molecular weight excluding hydrogens is 366 g/mol. The number of carbonyl (C=O) groups is 2. The summed E-state index contributed by atoms with van der Waals surface area (Å²) in [6.07, 6.45) is 8.97. The number of likely N-dealkylation sites (tertiary alicyclic amines) is 1. The third-order valence-electron chi connectivity index (χ3n) is 5.63. The zero-order valence-electron chi connectivity index (χ0n) is 16.2. The predicted molar refractivity (Wildman–Crippen MR) is 110 cm³/mol. The van der Waals surface area contributed by atoms with Crippen LogP contribution in [0.15, 0.2) is 42.9 Å². The summed E-state index contributed by atoms with van der Waals surface area (Å²) in [6, 6.07) is 9.38. The Morgan fingerprint density at radius 1 is 1.00 bits per heavy atom. The van der Waals surface area contributed by atoms with Crippen LogP contribution >= 0.6 is 0 Å². The minimum atomic E-state index is -0.261. The van der Waals surface area contributed by atoms with Gasteiger partial charge in [0, 0.05) is 36.6 Å². The summed E-state index contributed by atoms with van der Waals surface area (Å²) in [5.74, 6) is -0.238. The van der Waals surface area contributed by atoms with E-state index in [9.17, 15) is 9.59 Å². The molecule has 1 aliphatic heterocycles. The molecule has 148 valence electrons. The number of pyridine rings is 1. The summed E-state index contributed by atoms with van der Waals surface area (Å²) >= 11 is 0. The van der Waals surface area contributed by atoms with Gasteiger partial charge in [-0.2, -0.15) is 0 Å². The average Bonchev–Trinajstić information content (AvgIpc) is 3.52. The fourth-order valence-electron chi connectivity index (χ4n) is 3.88. The van der Waals surface area contributed by atoms with Crippen molar-refractivity contribution in [1.82, 2.24) is 19.4 Å². The van der Waals surface area contributed by atoms with Gasteiger partial charge in [0.2, 0.25) is 0 Å². The van der Waals surface area contributed by atoms with Crippen LogP contribution in [0.3, 0.4) is 0 Å². The van der Waals surface area contributed by atoms with E-state index >= 15 is 0 Å². The molecule has 2 aliphatic rings. The van der Waals surface area contributed by atoms with E-state index < -0.39 is 0 Å². The van der Waals surface area contributed by atoms with E-state index in [1.807, 2.05) is 4.90 Å². The number of anilines is 1. The van der Waals surface area contributed by atoms with Crippen LogP contribution in [0.5, 0.6) is 0 Å². The number of amides is 2. The second-order valence-corrected chi connectivity index (χ2v) is 7.84. The van der Waals surface area contributed by atoms with Gasteiger partial charge in [0.15, 0.2) is 5.65 Å². The first-order valence-electron chi connectivity index (χ1n) is 10.2. The molecule has 0 bridgehead atoms. The topological polar surface area (TPSA) is 80.1 Å². The number of fused-ring (bicyclic) bond motifs is 1. The van der Waals surface area contributed by atoms with Crippen LogP contribution in [0.2, 0.25) is 0 Å². The summed E-state index contributed by atoms with van der Waals surface area (Å²) < 4.78 is 2.08. The summed E-state index contributed by atoms with van der Waals surface area (Å²) in [4.78, 5) is 36.1. The first-order chi connectivity index (χ1) is 14.2. The monoisotopic (exact) mass is 389 g/mol. The van der Waals surface area contributed by atoms with Gasteiger partial charge < -0.3 is 14.8 Å². The van der Waals surface area contributed by atoms with Crippen LogP contribution in [0, 0.1) is 0 Å². The number of piperidine rings is 1. The van der Waals surface area contributed by atoms with Gasteiger partial charge in [0.1, 0.15) is 5.52 Å². The van der Waals surface area contributed by atoms with Crippen molar-refractivity contribution < 1.29 is 9.59 Å². The molecule has 0 spiro atoms. The van der Waals surface area contributed by atoms with E-state index in [1.54, 1.807) is 42.9 Å². The number of benzene rings is 1. The average molecular weight is 389 g/mol.